The molecule has 0 unspecified atom stereocenters. The maximum Gasteiger partial charge on any atom is 0.196 e. The quantitative estimate of drug-likeness (QED) is 0.408. The molecule has 5 nitrogen and oxygen atoms in total. The smallest absolute Gasteiger partial charge is 0.196 e. The molecule has 1 atom stereocenters. The highest BCUT2D eigenvalue weighted by Crippen LogP contribution is 2.18. The zero-order valence-electron chi connectivity index (χ0n) is 17.1. The van der Waals surface area contributed by atoms with Crippen LogP contribution in [0.2, 0.25) is 0 Å². The second-order valence-corrected chi connectivity index (χ2v) is 7.73. The van der Waals surface area contributed by atoms with Crippen LogP contribution in [0.1, 0.15) is 42.1 Å². The number of likely N-dealkylation sites (tertiary alicyclic amines) is 1. The summed E-state index contributed by atoms with van der Waals surface area (Å²) in [6, 6.07) is 13.9. The molecule has 2 heterocycles. The summed E-state index contributed by atoms with van der Waals surface area (Å²) in [4.78, 5) is 15.0. The van der Waals surface area contributed by atoms with Crippen LogP contribution in [0.15, 0.2) is 60.9 Å². The van der Waals surface area contributed by atoms with Crippen LogP contribution >= 0.6 is 0 Å². The van der Waals surface area contributed by atoms with E-state index < -0.39 is 0 Å². The molecular weight excluding hydrogens is 381 g/mol. The van der Waals surface area contributed by atoms with Gasteiger partial charge in [0.15, 0.2) is 5.78 Å². The number of hydrogen-bond acceptors (Lipinski definition) is 4. The average Bonchev–Trinajstić information content (AvgIpc) is 3.41. The van der Waals surface area contributed by atoms with Crippen LogP contribution < -0.4 is 4.74 Å². The van der Waals surface area contributed by atoms with E-state index in [4.69, 9.17) is 4.74 Å². The van der Waals surface area contributed by atoms with Crippen LogP contribution in [0.25, 0.3) is 5.69 Å². The van der Waals surface area contributed by atoms with Crippen molar-refractivity contribution in [3.8, 4) is 11.4 Å². The molecule has 0 saturated carbocycles. The van der Waals surface area contributed by atoms with Crippen molar-refractivity contribution in [2.75, 3.05) is 19.7 Å². The number of ketones is 1. The number of halogens is 1. The fourth-order valence-electron chi connectivity index (χ4n) is 3.83. The third-order valence-corrected chi connectivity index (χ3v) is 5.60. The van der Waals surface area contributed by atoms with E-state index in [1.165, 1.54) is 49.8 Å². The number of nitrogens with zero attached hydrogens (tertiary/aromatic N) is 3. The zero-order valence-corrected chi connectivity index (χ0v) is 17.1. The highest BCUT2D eigenvalue weighted by Gasteiger charge is 2.19. The molecule has 6 heteroatoms. The van der Waals surface area contributed by atoms with Crippen molar-refractivity contribution in [1.29, 1.82) is 0 Å². The molecule has 156 valence electrons. The van der Waals surface area contributed by atoms with Crippen molar-refractivity contribution in [2.45, 2.75) is 32.2 Å². The molecule has 0 N–H and O–H groups in total. The van der Waals surface area contributed by atoms with Gasteiger partial charge in [0.2, 0.25) is 0 Å². The Bertz CT molecular complexity index is 982. The summed E-state index contributed by atoms with van der Waals surface area (Å²) in [5.74, 6) is 0.270. The predicted octanol–water partition coefficient (Wildman–Crippen LogP) is 4.50. The summed E-state index contributed by atoms with van der Waals surface area (Å²) >= 11 is 0. The first-order chi connectivity index (χ1) is 14.6. The van der Waals surface area contributed by atoms with Crippen molar-refractivity contribution in [3.63, 3.8) is 0 Å². The molecule has 4 rings (SSSR count). The van der Waals surface area contributed by atoms with Gasteiger partial charge in [0, 0.05) is 24.3 Å². The molecule has 1 aliphatic heterocycles. The number of carbonyl (C=O) groups is 1. The Hall–Kier alpha value is -2.99. The molecule has 1 aliphatic rings. The van der Waals surface area contributed by atoms with Crippen LogP contribution in [-0.2, 0) is 0 Å². The lowest BCUT2D eigenvalue weighted by Gasteiger charge is -2.20. The van der Waals surface area contributed by atoms with E-state index in [1.807, 2.05) is 24.3 Å². The SMILES string of the molecule is C[C@@H]1CCCN1CCCOc1ccc(-n2cc(C(=O)c3ccc(F)cc3)cn2)cc1. The maximum absolute atomic E-state index is 13.1. The molecule has 0 aliphatic carbocycles. The van der Waals surface area contributed by atoms with E-state index >= 15 is 0 Å². The lowest BCUT2D eigenvalue weighted by atomic mass is 10.1. The monoisotopic (exact) mass is 407 g/mol. The van der Waals surface area contributed by atoms with Crippen molar-refractivity contribution >= 4 is 5.78 Å². The summed E-state index contributed by atoms with van der Waals surface area (Å²) in [7, 11) is 0. The van der Waals surface area contributed by atoms with Gasteiger partial charge < -0.3 is 9.64 Å². The molecule has 0 amide bonds. The van der Waals surface area contributed by atoms with Crippen LogP contribution in [-0.4, -0.2) is 46.2 Å². The first kappa shape index (κ1) is 20.3. The topological polar surface area (TPSA) is 47.4 Å². The predicted molar refractivity (Wildman–Crippen MR) is 114 cm³/mol. The largest absolute Gasteiger partial charge is 0.494 e. The van der Waals surface area contributed by atoms with Gasteiger partial charge >= 0.3 is 0 Å². The van der Waals surface area contributed by atoms with Crippen molar-refractivity contribution < 1.29 is 13.9 Å². The van der Waals surface area contributed by atoms with Crippen molar-refractivity contribution in [3.05, 3.63) is 77.9 Å². The maximum atomic E-state index is 13.1. The van der Waals surface area contributed by atoms with E-state index in [0.717, 1.165) is 24.4 Å². The number of aromatic nitrogens is 2. The normalized spacial score (nSPS) is 16.7. The molecule has 1 aromatic heterocycles. The summed E-state index contributed by atoms with van der Waals surface area (Å²) in [6.45, 7) is 5.27. The van der Waals surface area contributed by atoms with Crippen LogP contribution in [0.3, 0.4) is 0 Å². The Morgan fingerprint density at radius 2 is 1.90 bits per heavy atom. The third kappa shape index (κ3) is 4.76. The molecule has 3 aromatic rings. The minimum absolute atomic E-state index is 0.187. The fourth-order valence-corrected chi connectivity index (χ4v) is 3.83. The zero-order chi connectivity index (χ0) is 20.9. The van der Waals surface area contributed by atoms with Crippen LogP contribution in [0, 0.1) is 5.82 Å². The Balaban J connectivity index is 1.32. The van der Waals surface area contributed by atoms with Gasteiger partial charge in [0.25, 0.3) is 0 Å². The van der Waals surface area contributed by atoms with E-state index in [1.54, 1.807) is 10.9 Å². The van der Waals surface area contributed by atoms with Gasteiger partial charge in [-0.25, -0.2) is 9.07 Å². The average molecular weight is 407 g/mol. The molecular formula is C24H26FN3O2. The first-order valence-electron chi connectivity index (χ1n) is 10.4. The van der Waals surface area contributed by atoms with E-state index in [2.05, 4.69) is 16.9 Å². The standard InChI is InChI=1S/C24H26FN3O2/c1-18-4-2-13-27(18)14-3-15-30-23-11-9-22(10-12-23)28-17-20(16-26-28)24(29)19-5-7-21(25)8-6-19/h5-12,16-18H,2-4,13-15H2,1H3/t18-/m1/s1. The summed E-state index contributed by atoms with van der Waals surface area (Å²) in [5, 5.41) is 4.28. The van der Waals surface area contributed by atoms with Gasteiger partial charge in [-0.2, -0.15) is 5.10 Å². The molecule has 2 aromatic carbocycles. The van der Waals surface area contributed by atoms with Gasteiger partial charge in [0.1, 0.15) is 11.6 Å². The molecule has 1 saturated heterocycles. The second-order valence-electron chi connectivity index (χ2n) is 7.73. The minimum atomic E-state index is -0.366. The minimum Gasteiger partial charge on any atom is -0.494 e. The van der Waals surface area contributed by atoms with E-state index in [9.17, 15) is 9.18 Å². The van der Waals surface area contributed by atoms with Gasteiger partial charge in [-0.3, -0.25) is 4.79 Å². The lowest BCUT2D eigenvalue weighted by molar-refractivity contribution is 0.103. The highest BCUT2D eigenvalue weighted by molar-refractivity contribution is 6.08. The van der Waals surface area contributed by atoms with Gasteiger partial charge in [0.05, 0.1) is 24.1 Å². The molecule has 0 radical (unpaired) electrons. The van der Waals surface area contributed by atoms with E-state index in [0.29, 0.717) is 23.8 Å². The number of benzene rings is 2. The molecule has 30 heavy (non-hydrogen) atoms. The Labute approximate surface area is 176 Å². The van der Waals surface area contributed by atoms with Crippen LogP contribution in [0.4, 0.5) is 4.39 Å². The van der Waals surface area contributed by atoms with Gasteiger partial charge in [-0.15, -0.1) is 0 Å². The molecule has 0 bridgehead atoms. The number of carbonyl (C=O) groups excluding carboxylic acids is 1. The number of ether oxygens (including phenoxy) is 1. The lowest BCUT2D eigenvalue weighted by Crippen LogP contribution is -2.28. The van der Waals surface area contributed by atoms with Gasteiger partial charge in [-0.05, 0) is 81.3 Å². The Kier molecular flexibility index (Phi) is 6.23. The first-order valence-corrected chi connectivity index (χ1v) is 10.4. The van der Waals surface area contributed by atoms with E-state index in [-0.39, 0.29) is 11.6 Å². The third-order valence-electron chi connectivity index (χ3n) is 5.60. The number of rotatable bonds is 8. The van der Waals surface area contributed by atoms with Crippen LogP contribution in [0.5, 0.6) is 5.75 Å². The Morgan fingerprint density at radius 3 is 2.60 bits per heavy atom. The number of hydrogen-bond donors (Lipinski definition) is 0. The summed E-state index contributed by atoms with van der Waals surface area (Å²) < 4.78 is 20.6. The fraction of sp³-hybridized carbons (Fsp3) is 0.333. The van der Waals surface area contributed by atoms with Crippen molar-refractivity contribution in [2.24, 2.45) is 0 Å². The summed E-state index contributed by atoms with van der Waals surface area (Å²) in [5.41, 5.74) is 1.73. The van der Waals surface area contributed by atoms with Crippen molar-refractivity contribution in [1.82, 2.24) is 14.7 Å². The molecule has 0 spiro atoms. The summed E-state index contributed by atoms with van der Waals surface area (Å²) in [6.07, 6.45) is 6.81. The van der Waals surface area contributed by atoms with Gasteiger partial charge in [-0.1, -0.05) is 0 Å². The molecule has 1 fully saturated rings. The highest BCUT2D eigenvalue weighted by atomic mass is 19.1. The second kappa shape index (κ2) is 9.22. The Morgan fingerprint density at radius 1 is 1.13 bits per heavy atom.